The minimum atomic E-state index is 0.548. The lowest BCUT2D eigenvalue weighted by molar-refractivity contribution is 0.267. The predicted octanol–water partition coefficient (Wildman–Crippen LogP) is 2.84. The van der Waals surface area contributed by atoms with E-state index in [9.17, 15) is 0 Å². The highest BCUT2D eigenvalue weighted by Crippen LogP contribution is 2.26. The number of hydrogen-bond donors (Lipinski definition) is 1. The molecule has 1 aromatic rings. The molecule has 0 atom stereocenters. The molecule has 0 saturated carbocycles. The van der Waals surface area contributed by atoms with Crippen LogP contribution in [0.2, 0.25) is 0 Å². The van der Waals surface area contributed by atoms with Crippen molar-refractivity contribution in [2.45, 2.75) is 34.1 Å². The first-order chi connectivity index (χ1) is 7.54. The zero-order chi connectivity index (χ0) is 12.1. The van der Waals surface area contributed by atoms with Gasteiger partial charge in [0, 0.05) is 0 Å². The fraction of sp³-hybridized carbons (Fsp3) is 0.571. The van der Waals surface area contributed by atoms with Crippen LogP contribution in [0.15, 0.2) is 12.1 Å². The Morgan fingerprint density at radius 1 is 1.25 bits per heavy atom. The van der Waals surface area contributed by atoms with E-state index in [1.165, 1.54) is 16.7 Å². The maximum atomic E-state index is 5.88. The maximum Gasteiger partial charge on any atom is 0.125 e. The highest BCUT2D eigenvalue weighted by molar-refractivity contribution is 5.44. The van der Waals surface area contributed by atoms with Crippen molar-refractivity contribution in [1.29, 1.82) is 0 Å². The minimum Gasteiger partial charge on any atom is -0.493 e. The van der Waals surface area contributed by atoms with Gasteiger partial charge in [-0.3, -0.25) is 0 Å². The highest BCUT2D eigenvalue weighted by Gasteiger charge is 2.08. The van der Waals surface area contributed by atoms with Gasteiger partial charge in [-0.05, 0) is 43.9 Å². The van der Waals surface area contributed by atoms with E-state index < -0.39 is 0 Å². The van der Waals surface area contributed by atoms with Crippen LogP contribution in [-0.4, -0.2) is 13.2 Å². The van der Waals surface area contributed by atoms with Crippen LogP contribution in [0.4, 0.5) is 0 Å². The molecule has 0 radical (unpaired) electrons. The number of rotatable bonds is 5. The van der Waals surface area contributed by atoms with Crippen molar-refractivity contribution in [2.75, 3.05) is 13.2 Å². The molecule has 2 heteroatoms. The van der Waals surface area contributed by atoms with E-state index >= 15 is 0 Å². The summed E-state index contributed by atoms with van der Waals surface area (Å²) in [6.07, 6.45) is 0.885. The second-order valence-corrected chi connectivity index (χ2v) is 4.81. The Kier molecular flexibility index (Phi) is 4.81. The topological polar surface area (TPSA) is 35.2 Å². The van der Waals surface area contributed by atoms with Crippen LogP contribution in [0.5, 0.6) is 5.75 Å². The molecule has 0 aliphatic heterocycles. The molecule has 2 N–H and O–H groups in total. The Hall–Kier alpha value is -1.02. The molecule has 0 fully saturated rings. The van der Waals surface area contributed by atoms with Crippen molar-refractivity contribution in [3.8, 4) is 5.75 Å². The molecule has 0 heterocycles. The third kappa shape index (κ3) is 3.53. The standard InChI is InChI=1S/C14H23NO/c1-10(2)9-16-14-12(4)7-11(3)8-13(14)5-6-15/h7-8,10H,5-6,9,15H2,1-4H3. The van der Waals surface area contributed by atoms with Crippen LogP contribution in [0, 0.1) is 19.8 Å². The Bertz CT molecular complexity index is 345. The Morgan fingerprint density at radius 3 is 2.50 bits per heavy atom. The lowest BCUT2D eigenvalue weighted by Gasteiger charge is -2.16. The van der Waals surface area contributed by atoms with E-state index in [0.29, 0.717) is 12.5 Å². The smallest absolute Gasteiger partial charge is 0.125 e. The van der Waals surface area contributed by atoms with E-state index in [4.69, 9.17) is 10.5 Å². The molecule has 2 nitrogen and oxygen atoms in total. The Labute approximate surface area is 98.8 Å². The van der Waals surface area contributed by atoms with Crippen LogP contribution < -0.4 is 10.5 Å². The summed E-state index contributed by atoms with van der Waals surface area (Å²) >= 11 is 0. The molecule has 16 heavy (non-hydrogen) atoms. The molecule has 1 aromatic carbocycles. The van der Waals surface area contributed by atoms with Gasteiger partial charge in [0.2, 0.25) is 0 Å². The van der Waals surface area contributed by atoms with Gasteiger partial charge in [0.1, 0.15) is 5.75 Å². The largest absolute Gasteiger partial charge is 0.493 e. The average Bonchev–Trinajstić information content (AvgIpc) is 2.16. The van der Waals surface area contributed by atoms with Gasteiger partial charge in [-0.25, -0.2) is 0 Å². The van der Waals surface area contributed by atoms with Gasteiger partial charge >= 0.3 is 0 Å². The summed E-state index contributed by atoms with van der Waals surface area (Å²) in [7, 11) is 0. The first-order valence-electron chi connectivity index (χ1n) is 5.97. The van der Waals surface area contributed by atoms with Gasteiger partial charge in [-0.15, -0.1) is 0 Å². The number of ether oxygens (including phenoxy) is 1. The second kappa shape index (κ2) is 5.90. The molecule has 0 aliphatic rings. The first kappa shape index (κ1) is 13.0. The number of benzene rings is 1. The minimum absolute atomic E-state index is 0.548. The van der Waals surface area contributed by atoms with E-state index in [2.05, 4.69) is 39.8 Å². The van der Waals surface area contributed by atoms with Gasteiger partial charge < -0.3 is 10.5 Å². The molecule has 0 aromatic heterocycles. The fourth-order valence-electron chi connectivity index (χ4n) is 1.84. The summed E-state index contributed by atoms with van der Waals surface area (Å²) in [6.45, 7) is 9.96. The monoisotopic (exact) mass is 221 g/mol. The fourth-order valence-corrected chi connectivity index (χ4v) is 1.84. The molecule has 0 amide bonds. The van der Waals surface area contributed by atoms with Crippen LogP contribution in [0.1, 0.15) is 30.5 Å². The zero-order valence-electron chi connectivity index (χ0n) is 10.8. The molecule has 0 saturated heterocycles. The van der Waals surface area contributed by atoms with Crippen molar-refractivity contribution in [2.24, 2.45) is 11.7 Å². The molecule has 0 unspecified atom stereocenters. The molecular formula is C14H23NO. The van der Waals surface area contributed by atoms with Gasteiger partial charge in [0.15, 0.2) is 0 Å². The summed E-state index contributed by atoms with van der Waals surface area (Å²) in [6, 6.07) is 4.34. The molecule has 0 spiro atoms. The Morgan fingerprint density at radius 2 is 1.94 bits per heavy atom. The van der Waals surface area contributed by atoms with Crippen molar-refractivity contribution in [3.63, 3.8) is 0 Å². The average molecular weight is 221 g/mol. The molecule has 0 bridgehead atoms. The number of nitrogens with two attached hydrogens (primary N) is 1. The molecule has 1 rings (SSSR count). The Balaban J connectivity index is 2.94. The predicted molar refractivity (Wildman–Crippen MR) is 69.0 cm³/mol. The normalized spacial score (nSPS) is 10.9. The third-order valence-electron chi connectivity index (χ3n) is 2.47. The van der Waals surface area contributed by atoms with Gasteiger partial charge in [0.05, 0.1) is 6.61 Å². The summed E-state index contributed by atoms with van der Waals surface area (Å²) < 4.78 is 5.88. The SMILES string of the molecule is Cc1cc(C)c(OCC(C)C)c(CCN)c1. The van der Waals surface area contributed by atoms with Crippen molar-refractivity contribution in [1.82, 2.24) is 0 Å². The number of aryl methyl sites for hydroxylation is 2. The van der Waals surface area contributed by atoms with Gasteiger partial charge in [-0.2, -0.15) is 0 Å². The quantitative estimate of drug-likeness (QED) is 0.829. The molecular weight excluding hydrogens is 198 g/mol. The lowest BCUT2D eigenvalue weighted by Crippen LogP contribution is -2.10. The van der Waals surface area contributed by atoms with E-state index in [-0.39, 0.29) is 0 Å². The van der Waals surface area contributed by atoms with Crippen LogP contribution >= 0.6 is 0 Å². The van der Waals surface area contributed by atoms with Crippen molar-refractivity contribution < 1.29 is 4.74 Å². The summed E-state index contributed by atoms with van der Waals surface area (Å²) in [5.74, 6) is 1.58. The van der Waals surface area contributed by atoms with E-state index in [1.54, 1.807) is 0 Å². The van der Waals surface area contributed by atoms with Crippen LogP contribution in [-0.2, 0) is 6.42 Å². The second-order valence-electron chi connectivity index (χ2n) is 4.81. The zero-order valence-corrected chi connectivity index (χ0v) is 10.8. The summed E-state index contributed by atoms with van der Waals surface area (Å²) in [5, 5.41) is 0. The van der Waals surface area contributed by atoms with Crippen molar-refractivity contribution in [3.05, 3.63) is 28.8 Å². The van der Waals surface area contributed by atoms with Crippen molar-refractivity contribution >= 4 is 0 Å². The molecule has 90 valence electrons. The maximum absolute atomic E-state index is 5.88. The van der Waals surface area contributed by atoms with Crippen LogP contribution in [0.25, 0.3) is 0 Å². The highest BCUT2D eigenvalue weighted by atomic mass is 16.5. The van der Waals surface area contributed by atoms with Crippen LogP contribution in [0.3, 0.4) is 0 Å². The van der Waals surface area contributed by atoms with Gasteiger partial charge in [0.25, 0.3) is 0 Å². The lowest BCUT2D eigenvalue weighted by atomic mass is 10.0. The first-order valence-corrected chi connectivity index (χ1v) is 5.97. The number of hydrogen-bond acceptors (Lipinski definition) is 2. The van der Waals surface area contributed by atoms with E-state index in [1.807, 2.05) is 0 Å². The van der Waals surface area contributed by atoms with E-state index in [0.717, 1.165) is 18.8 Å². The molecule has 0 aliphatic carbocycles. The third-order valence-corrected chi connectivity index (χ3v) is 2.47. The van der Waals surface area contributed by atoms with Gasteiger partial charge in [-0.1, -0.05) is 31.5 Å². The summed E-state index contributed by atoms with van der Waals surface area (Å²) in [4.78, 5) is 0. The summed E-state index contributed by atoms with van der Waals surface area (Å²) in [5.41, 5.74) is 9.35.